The van der Waals surface area contributed by atoms with Crippen LogP contribution in [0.1, 0.15) is 5.56 Å². The predicted octanol–water partition coefficient (Wildman–Crippen LogP) is 5.79. The maximum atomic E-state index is 13.9. The normalized spacial score (nSPS) is 10.9. The summed E-state index contributed by atoms with van der Waals surface area (Å²) in [4.78, 5) is 10.3. The maximum absolute atomic E-state index is 13.9. The van der Waals surface area contributed by atoms with Crippen LogP contribution in [0.25, 0.3) is 16.6 Å². The van der Waals surface area contributed by atoms with Gasteiger partial charge in [0, 0.05) is 17.1 Å². The van der Waals surface area contributed by atoms with E-state index in [2.05, 4.69) is 0 Å². The van der Waals surface area contributed by atoms with Gasteiger partial charge in [-0.2, -0.15) is 4.39 Å². The van der Waals surface area contributed by atoms with Crippen molar-refractivity contribution in [2.24, 2.45) is 0 Å². The Kier molecular flexibility index (Phi) is 4.64. The molecule has 0 saturated heterocycles. The van der Waals surface area contributed by atoms with Crippen molar-refractivity contribution in [2.45, 2.75) is 6.92 Å². The van der Waals surface area contributed by atoms with Gasteiger partial charge in [0.15, 0.2) is 17.2 Å². The molecule has 0 aliphatic heterocycles. The van der Waals surface area contributed by atoms with Gasteiger partial charge in [-0.3, -0.25) is 10.1 Å². The molecule has 0 aliphatic rings. The number of aromatic nitrogens is 1. The summed E-state index contributed by atoms with van der Waals surface area (Å²) in [6.45, 7) is 2.01. The fraction of sp³-hybridized carbons (Fsp3) is 0.0909. The second-order valence-corrected chi connectivity index (χ2v) is 6.53. The lowest BCUT2D eigenvalue weighted by Crippen LogP contribution is -1.97. The van der Waals surface area contributed by atoms with Gasteiger partial charge in [0.05, 0.1) is 29.8 Å². The Labute approximate surface area is 165 Å². The van der Waals surface area contributed by atoms with Crippen LogP contribution < -0.4 is 9.47 Å². The molecule has 146 valence electrons. The molecular formula is C22H17FN2O4. The minimum Gasteiger partial charge on any atom is -0.493 e. The van der Waals surface area contributed by atoms with Crippen molar-refractivity contribution >= 4 is 16.6 Å². The zero-order valence-corrected chi connectivity index (χ0v) is 15.8. The standard InChI is InChI=1S/C22H17FN2O4/c1-14-7-9-15(10-8-14)24-13-22(16-5-3-4-6-18(16)24)29-21-12-19(25(26)27)17(23)11-20(21)28-2/h3-13H,1-2H3. The summed E-state index contributed by atoms with van der Waals surface area (Å²) < 4.78 is 27.0. The topological polar surface area (TPSA) is 66.5 Å². The molecule has 4 rings (SSSR count). The molecule has 0 atom stereocenters. The molecule has 1 aromatic heterocycles. The first-order chi connectivity index (χ1) is 14.0. The molecule has 29 heavy (non-hydrogen) atoms. The summed E-state index contributed by atoms with van der Waals surface area (Å²) in [7, 11) is 1.35. The molecular weight excluding hydrogens is 375 g/mol. The summed E-state index contributed by atoms with van der Waals surface area (Å²) in [5.74, 6) is -0.380. The monoisotopic (exact) mass is 392 g/mol. The van der Waals surface area contributed by atoms with E-state index in [1.54, 1.807) is 6.20 Å². The second kappa shape index (κ2) is 7.27. The molecule has 0 aliphatic carbocycles. The van der Waals surface area contributed by atoms with E-state index in [4.69, 9.17) is 9.47 Å². The van der Waals surface area contributed by atoms with E-state index < -0.39 is 16.4 Å². The Morgan fingerprint density at radius 3 is 2.41 bits per heavy atom. The number of methoxy groups -OCH3 is 1. The van der Waals surface area contributed by atoms with Crippen LogP contribution in [0.4, 0.5) is 10.1 Å². The van der Waals surface area contributed by atoms with Crippen LogP contribution in [0.5, 0.6) is 17.2 Å². The lowest BCUT2D eigenvalue weighted by Gasteiger charge is -2.10. The van der Waals surface area contributed by atoms with Crippen LogP contribution in [0, 0.1) is 22.9 Å². The molecule has 0 unspecified atom stereocenters. The summed E-state index contributed by atoms with van der Waals surface area (Å²) in [6.07, 6.45) is 1.80. The number of hydrogen-bond acceptors (Lipinski definition) is 4. The first kappa shape index (κ1) is 18.5. The summed E-state index contributed by atoms with van der Waals surface area (Å²) in [5.41, 5.74) is 2.31. The number of nitrogens with zero attached hydrogens (tertiary/aromatic N) is 2. The molecule has 0 radical (unpaired) electrons. The highest BCUT2D eigenvalue weighted by Crippen LogP contribution is 2.40. The van der Waals surface area contributed by atoms with Crippen LogP contribution in [-0.2, 0) is 0 Å². The SMILES string of the molecule is COc1cc(F)c([N+](=O)[O-])cc1Oc1cn(-c2ccc(C)cc2)c2ccccc12. The third-order valence-corrected chi connectivity index (χ3v) is 4.64. The van der Waals surface area contributed by atoms with Gasteiger partial charge in [-0.15, -0.1) is 0 Å². The van der Waals surface area contributed by atoms with Gasteiger partial charge in [-0.05, 0) is 31.2 Å². The molecule has 3 aromatic carbocycles. The highest BCUT2D eigenvalue weighted by Gasteiger charge is 2.21. The number of para-hydroxylation sites is 1. The molecule has 0 amide bonds. The van der Waals surface area contributed by atoms with Crippen molar-refractivity contribution in [3.05, 3.63) is 88.4 Å². The smallest absolute Gasteiger partial charge is 0.308 e. The van der Waals surface area contributed by atoms with Gasteiger partial charge in [0.1, 0.15) is 0 Å². The number of aryl methyl sites for hydroxylation is 1. The van der Waals surface area contributed by atoms with Crippen molar-refractivity contribution in [3.8, 4) is 22.9 Å². The van der Waals surface area contributed by atoms with E-state index >= 15 is 0 Å². The van der Waals surface area contributed by atoms with Crippen LogP contribution in [-0.4, -0.2) is 16.6 Å². The third kappa shape index (κ3) is 3.38. The van der Waals surface area contributed by atoms with Crippen molar-refractivity contribution < 1.29 is 18.8 Å². The minimum atomic E-state index is -0.985. The molecule has 0 spiro atoms. The van der Waals surface area contributed by atoms with Crippen LogP contribution in [0.2, 0.25) is 0 Å². The molecule has 1 heterocycles. The average molecular weight is 392 g/mol. The highest BCUT2D eigenvalue weighted by atomic mass is 19.1. The molecule has 0 fully saturated rings. The average Bonchev–Trinajstić information content (AvgIpc) is 3.08. The highest BCUT2D eigenvalue weighted by molar-refractivity contribution is 5.88. The van der Waals surface area contributed by atoms with Gasteiger partial charge >= 0.3 is 5.69 Å². The largest absolute Gasteiger partial charge is 0.493 e. The van der Waals surface area contributed by atoms with Gasteiger partial charge in [0.25, 0.3) is 0 Å². The van der Waals surface area contributed by atoms with Crippen molar-refractivity contribution in [3.63, 3.8) is 0 Å². The van der Waals surface area contributed by atoms with E-state index in [1.165, 1.54) is 7.11 Å². The second-order valence-electron chi connectivity index (χ2n) is 6.53. The predicted molar refractivity (Wildman–Crippen MR) is 108 cm³/mol. The van der Waals surface area contributed by atoms with Crippen molar-refractivity contribution in [1.29, 1.82) is 0 Å². The maximum Gasteiger partial charge on any atom is 0.308 e. The molecule has 7 heteroatoms. The van der Waals surface area contributed by atoms with Gasteiger partial charge < -0.3 is 14.0 Å². The van der Waals surface area contributed by atoms with Gasteiger partial charge in [0.2, 0.25) is 5.82 Å². The fourth-order valence-electron chi connectivity index (χ4n) is 3.17. The van der Waals surface area contributed by atoms with Gasteiger partial charge in [-0.1, -0.05) is 29.8 Å². The number of halogens is 1. The Balaban J connectivity index is 1.85. The Hall–Kier alpha value is -3.87. The zero-order valence-electron chi connectivity index (χ0n) is 15.8. The van der Waals surface area contributed by atoms with Gasteiger partial charge in [-0.25, -0.2) is 0 Å². The zero-order chi connectivity index (χ0) is 20.5. The number of rotatable bonds is 5. The lowest BCUT2D eigenvalue weighted by atomic mass is 10.2. The third-order valence-electron chi connectivity index (χ3n) is 4.64. The van der Waals surface area contributed by atoms with Crippen molar-refractivity contribution in [1.82, 2.24) is 4.57 Å². The van der Waals surface area contributed by atoms with E-state index in [0.29, 0.717) is 5.75 Å². The quantitative estimate of drug-likeness (QED) is 0.319. The number of nitro groups is 1. The lowest BCUT2D eigenvalue weighted by molar-refractivity contribution is -0.387. The van der Waals surface area contributed by atoms with E-state index in [9.17, 15) is 14.5 Å². The Morgan fingerprint density at radius 2 is 1.72 bits per heavy atom. The number of ether oxygens (including phenoxy) is 2. The molecule has 0 N–H and O–H groups in total. The molecule has 0 saturated carbocycles. The fourth-order valence-corrected chi connectivity index (χ4v) is 3.17. The number of benzene rings is 3. The summed E-state index contributed by atoms with van der Waals surface area (Å²) in [5, 5.41) is 11.9. The van der Waals surface area contributed by atoms with E-state index in [1.807, 2.05) is 60.0 Å². The Bertz CT molecular complexity index is 1220. The van der Waals surface area contributed by atoms with E-state index in [0.717, 1.165) is 34.3 Å². The van der Waals surface area contributed by atoms with Crippen LogP contribution in [0.15, 0.2) is 66.9 Å². The Morgan fingerprint density at radius 1 is 1.00 bits per heavy atom. The summed E-state index contributed by atoms with van der Waals surface area (Å²) in [6, 6.07) is 17.6. The number of nitro benzene ring substituents is 1. The summed E-state index contributed by atoms with van der Waals surface area (Å²) >= 11 is 0. The number of fused-ring (bicyclic) bond motifs is 1. The first-order valence-electron chi connectivity index (χ1n) is 8.85. The van der Waals surface area contributed by atoms with Crippen LogP contribution >= 0.6 is 0 Å². The molecule has 6 nitrogen and oxygen atoms in total. The molecule has 4 aromatic rings. The minimum absolute atomic E-state index is 0.0624. The number of hydrogen-bond donors (Lipinski definition) is 0. The van der Waals surface area contributed by atoms with E-state index in [-0.39, 0.29) is 11.5 Å². The van der Waals surface area contributed by atoms with Crippen molar-refractivity contribution in [2.75, 3.05) is 7.11 Å². The first-order valence-corrected chi connectivity index (χ1v) is 8.85. The van der Waals surface area contributed by atoms with Crippen LogP contribution in [0.3, 0.4) is 0 Å². The molecule has 0 bridgehead atoms.